The SMILES string of the molecule is CC(C)(C#N)SCC(C1CC1)N1C(=O)COCC1c1ccc(Cl)cc1.Clc1ccccc1. The van der Waals surface area contributed by atoms with Gasteiger partial charge in [-0.05, 0) is 62.4 Å². The van der Waals surface area contributed by atoms with Gasteiger partial charge in [0.05, 0.1) is 23.5 Å². The summed E-state index contributed by atoms with van der Waals surface area (Å²) in [5.41, 5.74) is 1.05. The van der Waals surface area contributed by atoms with Gasteiger partial charge in [-0.2, -0.15) is 5.26 Å². The van der Waals surface area contributed by atoms with E-state index < -0.39 is 4.75 Å². The second-order valence-corrected chi connectivity index (χ2v) is 11.0. The summed E-state index contributed by atoms with van der Waals surface area (Å²) in [6, 6.07) is 19.5. The van der Waals surface area contributed by atoms with Gasteiger partial charge in [0.25, 0.3) is 0 Å². The number of thioether (sulfide) groups is 1. The van der Waals surface area contributed by atoms with Gasteiger partial charge in [0.15, 0.2) is 0 Å². The number of hydrogen-bond acceptors (Lipinski definition) is 4. The summed E-state index contributed by atoms with van der Waals surface area (Å²) in [4.78, 5) is 14.7. The Morgan fingerprint density at radius 3 is 2.28 bits per heavy atom. The molecule has 2 unspecified atom stereocenters. The normalized spacial score (nSPS) is 19.5. The number of amides is 1. The van der Waals surface area contributed by atoms with E-state index >= 15 is 0 Å². The molecule has 2 fully saturated rings. The van der Waals surface area contributed by atoms with Gasteiger partial charge in [-0.1, -0.05) is 53.5 Å². The molecule has 1 aliphatic carbocycles. The Bertz CT molecular complexity index is 927. The van der Waals surface area contributed by atoms with E-state index in [4.69, 9.17) is 27.9 Å². The number of halogens is 2. The second kappa shape index (κ2) is 11.4. The third-order valence-corrected chi connectivity index (χ3v) is 7.35. The molecule has 0 aromatic heterocycles. The van der Waals surface area contributed by atoms with Crippen molar-refractivity contribution < 1.29 is 9.53 Å². The number of rotatable bonds is 6. The Hall–Kier alpha value is -1.71. The van der Waals surface area contributed by atoms with Gasteiger partial charge in [0, 0.05) is 21.8 Å². The van der Waals surface area contributed by atoms with Crippen molar-refractivity contribution in [1.29, 1.82) is 5.26 Å². The molecule has 1 aliphatic heterocycles. The third kappa shape index (κ3) is 7.15. The average molecular weight is 491 g/mol. The van der Waals surface area contributed by atoms with Crippen molar-refractivity contribution >= 4 is 40.9 Å². The first-order chi connectivity index (χ1) is 15.3. The number of carbonyl (C=O) groups excluding carboxylic acids is 1. The Morgan fingerprint density at radius 2 is 1.75 bits per heavy atom. The fraction of sp³-hybridized carbons (Fsp3) is 0.440. The fourth-order valence-electron chi connectivity index (χ4n) is 3.61. The molecule has 7 heteroatoms. The van der Waals surface area contributed by atoms with Gasteiger partial charge in [-0.25, -0.2) is 0 Å². The summed E-state index contributed by atoms with van der Waals surface area (Å²) in [5.74, 6) is 1.35. The predicted octanol–water partition coefficient (Wildman–Crippen LogP) is 6.39. The minimum atomic E-state index is -0.446. The quantitative estimate of drug-likeness (QED) is 0.470. The molecule has 170 valence electrons. The molecule has 2 aromatic rings. The number of benzene rings is 2. The van der Waals surface area contributed by atoms with Crippen molar-refractivity contribution in [3.05, 3.63) is 70.2 Å². The lowest BCUT2D eigenvalue weighted by molar-refractivity contribution is -0.152. The van der Waals surface area contributed by atoms with Crippen LogP contribution in [-0.4, -0.2) is 40.6 Å². The van der Waals surface area contributed by atoms with E-state index in [1.807, 2.05) is 73.3 Å². The number of hydrogen-bond donors (Lipinski definition) is 0. The molecule has 1 heterocycles. The maximum absolute atomic E-state index is 12.7. The van der Waals surface area contributed by atoms with Crippen LogP contribution in [0.25, 0.3) is 0 Å². The van der Waals surface area contributed by atoms with Crippen LogP contribution >= 0.6 is 35.0 Å². The molecule has 2 aromatic carbocycles. The first-order valence-electron chi connectivity index (χ1n) is 10.7. The van der Waals surface area contributed by atoms with Crippen LogP contribution in [-0.2, 0) is 9.53 Å². The van der Waals surface area contributed by atoms with E-state index in [9.17, 15) is 10.1 Å². The summed E-state index contributed by atoms with van der Waals surface area (Å²) in [6.07, 6.45) is 2.30. The van der Waals surface area contributed by atoms with E-state index in [1.165, 1.54) is 0 Å². The Morgan fingerprint density at radius 1 is 1.12 bits per heavy atom. The van der Waals surface area contributed by atoms with Crippen molar-refractivity contribution in [1.82, 2.24) is 4.90 Å². The van der Waals surface area contributed by atoms with Gasteiger partial charge in [-0.3, -0.25) is 4.79 Å². The molecule has 0 radical (unpaired) electrons. The topological polar surface area (TPSA) is 53.3 Å². The van der Waals surface area contributed by atoms with E-state index in [0.29, 0.717) is 17.5 Å². The van der Waals surface area contributed by atoms with Crippen molar-refractivity contribution in [3.8, 4) is 6.07 Å². The average Bonchev–Trinajstić information content (AvgIpc) is 3.62. The lowest BCUT2D eigenvalue weighted by Crippen LogP contribution is -2.51. The zero-order valence-electron chi connectivity index (χ0n) is 18.3. The predicted molar refractivity (Wildman–Crippen MR) is 132 cm³/mol. The zero-order chi connectivity index (χ0) is 23.1. The monoisotopic (exact) mass is 490 g/mol. The Labute approximate surface area is 204 Å². The van der Waals surface area contributed by atoms with Crippen LogP contribution in [0.3, 0.4) is 0 Å². The maximum Gasteiger partial charge on any atom is 0.249 e. The highest BCUT2D eigenvalue weighted by Gasteiger charge is 2.43. The van der Waals surface area contributed by atoms with Gasteiger partial charge in [-0.15, -0.1) is 11.8 Å². The summed E-state index contributed by atoms with van der Waals surface area (Å²) >= 11 is 13.2. The molecule has 1 amide bonds. The van der Waals surface area contributed by atoms with Crippen LogP contribution in [0.2, 0.25) is 10.0 Å². The van der Waals surface area contributed by atoms with E-state index in [0.717, 1.165) is 29.2 Å². The first kappa shape index (κ1) is 24.9. The van der Waals surface area contributed by atoms with E-state index in [-0.39, 0.29) is 24.6 Å². The molecule has 0 N–H and O–H groups in total. The van der Waals surface area contributed by atoms with Gasteiger partial charge in [0.1, 0.15) is 6.61 Å². The molecule has 1 saturated carbocycles. The number of carbonyl (C=O) groups is 1. The Kier molecular flexibility index (Phi) is 8.90. The van der Waals surface area contributed by atoms with Crippen molar-refractivity contribution in [2.75, 3.05) is 19.0 Å². The zero-order valence-corrected chi connectivity index (χ0v) is 20.7. The van der Waals surface area contributed by atoms with Gasteiger partial charge < -0.3 is 9.64 Å². The van der Waals surface area contributed by atoms with Crippen LogP contribution in [0.15, 0.2) is 54.6 Å². The van der Waals surface area contributed by atoms with Crippen LogP contribution in [0.5, 0.6) is 0 Å². The number of morpholine rings is 1. The molecular formula is C25H28Cl2N2O2S. The van der Waals surface area contributed by atoms with E-state index in [2.05, 4.69) is 6.07 Å². The second-order valence-electron chi connectivity index (χ2n) is 8.52. The number of nitrogens with zero attached hydrogens (tertiary/aromatic N) is 2. The molecule has 0 spiro atoms. The molecule has 1 saturated heterocycles. The molecule has 2 atom stereocenters. The van der Waals surface area contributed by atoms with Crippen molar-refractivity contribution in [2.24, 2.45) is 5.92 Å². The molecule has 2 aliphatic rings. The highest BCUT2D eigenvalue weighted by Crippen LogP contribution is 2.42. The summed E-state index contributed by atoms with van der Waals surface area (Å²) in [6.45, 7) is 4.50. The summed E-state index contributed by atoms with van der Waals surface area (Å²) < 4.78 is 5.10. The fourth-order valence-corrected chi connectivity index (χ4v) is 4.97. The van der Waals surface area contributed by atoms with Gasteiger partial charge in [0.2, 0.25) is 5.91 Å². The maximum atomic E-state index is 12.7. The van der Waals surface area contributed by atoms with Crippen LogP contribution < -0.4 is 0 Å². The molecule has 4 nitrogen and oxygen atoms in total. The van der Waals surface area contributed by atoms with Crippen molar-refractivity contribution in [2.45, 2.75) is 43.5 Å². The minimum absolute atomic E-state index is 0.0402. The van der Waals surface area contributed by atoms with Crippen LogP contribution in [0.4, 0.5) is 0 Å². The summed E-state index contributed by atoms with van der Waals surface area (Å²) in [5, 5.41) is 10.8. The number of nitriles is 1. The van der Waals surface area contributed by atoms with Crippen LogP contribution in [0.1, 0.15) is 38.3 Å². The standard InChI is InChI=1S/C19H23ClN2O2S.C6H5Cl/c1-19(2,12-21)25-11-17(14-3-4-14)22-16(9-24-10-18(22)23)13-5-7-15(20)8-6-13;7-6-4-2-1-3-5-6/h5-8,14,16-17H,3-4,9-11H2,1-2H3;1-5H. The highest BCUT2D eigenvalue weighted by atomic mass is 35.5. The lowest BCUT2D eigenvalue weighted by atomic mass is 10.0. The van der Waals surface area contributed by atoms with Gasteiger partial charge >= 0.3 is 0 Å². The molecule has 0 bridgehead atoms. The summed E-state index contributed by atoms with van der Waals surface area (Å²) in [7, 11) is 0. The highest BCUT2D eigenvalue weighted by molar-refractivity contribution is 8.00. The first-order valence-corrected chi connectivity index (χ1v) is 12.4. The third-order valence-electron chi connectivity index (χ3n) is 5.52. The Balaban J connectivity index is 0.000000352. The largest absolute Gasteiger partial charge is 0.369 e. The number of ether oxygens (including phenoxy) is 1. The smallest absolute Gasteiger partial charge is 0.249 e. The van der Waals surface area contributed by atoms with Crippen molar-refractivity contribution in [3.63, 3.8) is 0 Å². The minimum Gasteiger partial charge on any atom is -0.369 e. The lowest BCUT2D eigenvalue weighted by Gasteiger charge is -2.42. The van der Waals surface area contributed by atoms with E-state index in [1.54, 1.807) is 11.8 Å². The van der Waals surface area contributed by atoms with Crippen LogP contribution in [0, 0.1) is 17.2 Å². The molecular weight excluding hydrogens is 463 g/mol. The molecule has 4 rings (SSSR count). The molecule has 32 heavy (non-hydrogen) atoms.